The maximum atomic E-state index is 11.9. The quantitative estimate of drug-likeness (QED) is 0.650. The second-order valence-electron chi connectivity index (χ2n) is 3.88. The van der Waals surface area contributed by atoms with E-state index >= 15 is 0 Å². The van der Waals surface area contributed by atoms with Gasteiger partial charge in [0.1, 0.15) is 10.6 Å². The van der Waals surface area contributed by atoms with Gasteiger partial charge >= 0.3 is 11.7 Å². The number of aromatic amines is 2. The Morgan fingerprint density at radius 1 is 1.30 bits per heavy atom. The van der Waals surface area contributed by atoms with Gasteiger partial charge in [-0.15, -0.1) is 11.3 Å². The van der Waals surface area contributed by atoms with Crippen molar-refractivity contribution in [3.8, 4) is 0 Å². The lowest BCUT2D eigenvalue weighted by Crippen LogP contribution is -2.27. The van der Waals surface area contributed by atoms with E-state index in [1.54, 1.807) is 12.3 Å². The molecule has 104 valence electrons. The number of hydrogen-bond donors (Lipinski definition) is 4. The highest BCUT2D eigenvalue weighted by molar-refractivity contribution is 7.12. The predicted molar refractivity (Wildman–Crippen MR) is 71.7 cm³/mol. The van der Waals surface area contributed by atoms with Crippen molar-refractivity contribution in [3.05, 3.63) is 48.4 Å². The van der Waals surface area contributed by atoms with E-state index in [1.165, 1.54) is 0 Å². The van der Waals surface area contributed by atoms with Crippen LogP contribution in [0.25, 0.3) is 0 Å². The molecular weight excluding hydrogens is 286 g/mol. The van der Waals surface area contributed by atoms with E-state index in [1.807, 2.05) is 4.98 Å². The summed E-state index contributed by atoms with van der Waals surface area (Å²) in [5.41, 5.74) is -1.06. The number of anilines is 1. The van der Waals surface area contributed by atoms with Crippen LogP contribution in [0, 0.1) is 6.92 Å². The fourth-order valence-corrected chi connectivity index (χ4v) is 2.37. The number of rotatable bonds is 3. The van der Waals surface area contributed by atoms with Gasteiger partial charge < -0.3 is 15.4 Å². The molecule has 1 amide bonds. The Morgan fingerprint density at radius 2 is 2.00 bits per heavy atom. The Bertz CT molecular complexity index is 773. The molecule has 2 aromatic heterocycles. The zero-order valence-electron chi connectivity index (χ0n) is 10.1. The van der Waals surface area contributed by atoms with Crippen molar-refractivity contribution in [1.29, 1.82) is 0 Å². The zero-order chi connectivity index (χ0) is 14.9. The molecule has 0 aliphatic rings. The monoisotopic (exact) mass is 295 g/mol. The molecular formula is C11H9N3O5S. The van der Waals surface area contributed by atoms with E-state index in [4.69, 9.17) is 5.11 Å². The minimum atomic E-state index is -1.17. The first-order valence-corrected chi connectivity index (χ1v) is 6.23. The molecule has 0 saturated carbocycles. The topological polar surface area (TPSA) is 132 Å². The SMILES string of the molecule is Cc1csc(C(=O)O)c1NC(=O)c1cc(=O)[nH]c(=O)[nH]1. The number of carboxylic acid groups (broad SMARTS) is 1. The van der Waals surface area contributed by atoms with Crippen molar-refractivity contribution in [1.82, 2.24) is 9.97 Å². The Hall–Kier alpha value is -2.68. The molecule has 0 aromatic carbocycles. The number of carboxylic acids is 1. The van der Waals surface area contributed by atoms with Crippen LogP contribution in [0.15, 0.2) is 21.0 Å². The molecule has 8 nitrogen and oxygen atoms in total. The third-order valence-electron chi connectivity index (χ3n) is 2.41. The van der Waals surface area contributed by atoms with E-state index in [2.05, 4.69) is 10.3 Å². The molecule has 0 bridgehead atoms. The van der Waals surface area contributed by atoms with Crippen LogP contribution in [-0.4, -0.2) is 27.0 Å². The van der Waals surface area contributed by atoms with Crippen LogP contribution in [0.1, 0.15) is 25.7 Å². The zero-order valence-corrected chi connectivity index (χ0v) is 11.0. The van der Waals surface area contributed by atoms with Crippen molar-refractivity contribution < 1.29 is 14.7 Å². The number of aryl methyl sites for hydroxylation is 1. The molecule has 0 spiro atoms. The smallest absolute Gasteiger partial charge is 0.348 e. The number of carbonyl (C=O) groups is 2. The lowest BCUT2D eigenvalue weighted by atomic mass is 10.2. The molecule has 0 atom stereocenters. The van der Waals surface area contributed by atoms with Crippen molar-refractivity contribution in [2.45, 2.75) is 6.92 Å². The van der Waals surface area contributed by atoms with E-state index in [-0.39, 0.29) is 16.3 Å². The number of thiophene rings is 1. The molecule has 2 aromatic rings. The van der Waals surface area contributed by atoms with Gasteiger partial charge in [-0.05, 0) is 17.9 Å². The van der Waals surface area contributed by atoms with E-state index in [0.29, 0.717) is 5.56 Å². The van der Waals surface area contributed by atoms with Crippen LogP contribution < -0.4 is 16.6 Å². The average molecular weight is 295 g/mol. The van der Waals surface area contributed by atoms with Crippen LogP contribution in [-0.2, 0) is 0 Å². The summed E-state index contributed by atoms with van der Waals surface area (Å²) in [7, 11) is 0. The average Bonchev–Trinajstić information content (AvgIpc) is 2.70. The molecule has 2 rings (SSSR count). The van der Waals surface area contributed by atoms with Crippen molar-refractivity contribution in [2.75, 3.05) is 5.32 Å². The van der Waals surface area contributed by atoms with E-state index < -0.39 is 23.1 Å². The predicted octanol–water partition coefficient (Wildman–Crippen LogP) is 0.384. The van der Waals surface area contributed by atoms with Gasteiger partial charge in [0.15, 0.2) is 0 Å². The van der Waals surface area contributed by atoms with E-state index in [0.717, 1.165) is 17.4 Å². The number of nitrogens with one attached hydrogen (secondary N) is 3. The minimum absolute atomic E-state index is 0.0250. The molecule has 0 radical (unpaired) electrons. The van der Waals surface area contributed by atoms with Crippen molar-refractivity contribution in [3.63, 3.8) is 0 Å². The maximum absolute atomic E-state index is 11.9. The van der Waals surface area contributed by atoms with Gasteiger partial charge in [0.05, 0.1) is 5.69 Å². The van der Waals surface area contributed by atoms with Gasteiger partial charge in [0.2, 0.25) is 0 Å². The largest absolute Gasteiger partial charge is 0.477 e. The minimum Gasteiger partial charge on any atom is -0.477 e. The number of aromatic nitrogens is 2. The third-order valence-corrected chi connectivity index (χ3v) is 3.50. The van der Waals surface area contributed by atoms with Crippen LogP contribution in [0.3, 0.4) is 0 Å². The second kappa shape index (κ2) is 5.13. The van der Waals surface area contributed by atoms with Gasteiger partial charge in [-0.25, -0.2) is 9.59 Å². The summed E-state index contributed by atoms with van der Waals surface area (Å²) in [6.07, 6.45) is 0. The fourth-order valence-electron chi connectivity index (χ4n) is 1.53. The van der Waals surface area contributed by atoms with Gasteiger partial charge in [0.25, 0.3) is 11.5 Å². The Labute approximate surface area is 115 Å². The van der Waals surface area contributed by atoms with Gasteiger partial charge in [-0.1, -0.05) is 0 Å². The highest BCUT2D eigenvalue weighted by Gasteiger charge is 2.18. The number of hydrogen-bond acceptors (Lipinski definition) is 5. The van der Waals surface area contributed by atoms with E-state index in [9.17, 15) is 19.2 Å². The summed E-state index contributed by atoms with van der Waals surface area (Å²) in [6.45, 7) is 1.64. The number of H-pyrrole nitrogens is 2. The first-order chi connectivity index (χ1) is 9.38. The first-order valence-electron chi connectivity index (χ1n) is 5.35. The molecule has 9 heteroatoms. The van der Waals surface area contributed by atoms with Gasteiger partial charge in [0, 0.05) is 6.07 Å². The summed E-state index contributed by atoms with van der Waals surface area (Å²) in [4.78, 5) is 49.2. The molecule has 20 heavy (non-hydrogen) atoms. The van der Waals surface area contributed by atoms with Crippen molar-refractivity contribution in [2.24, 2.45) is 0 Å². The summed E-state index contributed by atoms with van der Waals surface area (Å²) >= 11 is 0.974. The van der Waals surface area contributed by atoms with Crippen LogP contribution in [0.2, 0.25) is 0 Å². The molecule has 0 unspecified atom stereocenters. The normalized spacial score (nSPS) is 10.2. The fraction of sp³-hybridized carbons (Fsp3) is 0.0909. The number of amides is 1. The molecule has 0 aliphatic heterocycles. The second-order valence-corrected chi connectivity index (χ2v) is 4.76. The van der Waals surface area contributed by atoms with Gasteiger partial charge in [-0.3, -0.25) is 14.6 Å². The third kappa shape index (κ3) is 2.67. The highest BCUT2D eigenvalue weighted by Crippen LogP contribution is 2.27. The number of aromatic carboxylic acids is 1. The summed E-state index contributed by atoms with van der Waals surface area (Å²) < 4.78 is 0. The van der Waals surface area contributed by atoms with Crippen LogP contribution in [0.4, 0.5) is 5.69 Å². The molecule has 0 aliphatic carbocycles. The summed E-state index contributed by atoms with van der Waals surface area (Å²) in [5, 5.41) is 13.0. The Balaban J connectivity index is 2.37. The van der Waals surface area contributed by atoms with Crippen LogP contribution in [0.5, 0.6) is 0 Å². The summed E-state index contributed by atoms with van der Waals surface area (Å²) in [5.74, 6) is -1.94. The lowest BCUT2D eigenvalue weighted by Gasteiger charge is -2.05. The van der Waals surface area contributed by atoms with Crippen LogP contribution >= 0.6 is 11.3 Å². The number of carbonyl (C=O) groups excluding carboxylic acids is 1. The standard InChI is InChI=1S/C11H9N3O5S/c1-4-3-20-8(10(17)18)7(4)14-9(16)5-2-6(15)13-11(19)12-5/h2-3H,1H3,(H,14,16)(H,17,18)(H2,12,13,15,19). The van der Waals surface area contributed by atoms with Gasteiger partial charge in [-0.2, -0.15) is 0 Å². The Kier molecular flexibility index (Phi) is 3.53. The molecule has 0 fully saturated rings. The molecule has 4 N–H and O–H groups in total. The molecule has 0 saturated heterocycles. The Morgan fingerprint density at radius 3 is 2.60 bits per heavy atom. The van der Waals surface area contributed by atoms with Crippen molar-refractivity contribution >= 4 is 28.9 Å². The maximum Gasteiger partial charge on any atom is 0.348 e. The first kappa shape index (κ1) is 13.7. The summed E-state index contributed by atoms with van der Waals surface area (Å²) in [6, 6.07) is 0.916. The molecule has 2 heterocycles. The highest BCUT2D eigenvalue weighted by atomic mass is 32.1. The lowest BCUT2D eigenvalue weighted by molar-refractivity contribution is 0.0703.